The molecule has 0 saturated carbocycles. The lowest BCUT2D eigenvalue weighted by Crippen LogP contribution is -2.46. The molecule has 0 aromatic carbocycles. The summed E-state index contributed by atoms with van der Waals surface area (Å²) < 4.78 is 10.6. The number of nitrogens with one attached hydrogen (secondary N) is 1. The molecule has 0 aromatic rings. The quantitative estimate of drug-likeness (QED) is 0.712. The van der Waals surface area contributed by atoms with Gasteiger partial charge in [-0.25, -0.2) is 4.79 Å². The van der Waals surface area contributed by atoms with Gasteiger partial charge in [0.1, 0.15) is 0 Å². The first-order valence-electron chi connectivity index (χ1n) is 6.38. The highest BCUT2D eigenvalue weighted by molar-refractivity contribution is 5.74. The zero-order valence-corrected chi connectivity index (χ0v) is 10.9. The van der Waals surface area contributed by atoms with Crippen LogP contribution in [0.25, 0.3) is 0 Å². The van der Waals surface area contributed by atoms with Crippen LogP contribution in [0.5, 0.6) is 0 Å². The third kappa shape index (κ3) is 6.48. The summed E-state index contributed by atoms with van der Waals surface area (Å²) in [6.45, 7) is 9.09. The number of carbonyl (C=O) groups excluding carboxylic acids is 1. The van der Waals surface area contributed by atoms with Crippen LogP contribution in [0, 0.1) is 5.92 Å². The molecule has 1 saturated heterocycles. The molecule has 0 spiro atoms. The maximum Gasteiger partial charge on any atom is 0.317 e. The molecule has 0 atom stereocenters. The van der Waals surface area contributed by atoms with Gasteiger partial charge in [0.2, 0.25) is 0 Å². The predicted octanol–water partition coefficient (Wildman–Crippen LogP) is 1.09. The van der Waals surface area contributed by atoms with Crippen molar-refractivity contribution in [2.75, 3.05) is 46.1 Å². The lowest BCUT2D eigenvalue weighted by molar-refractivity contribution is 0.0529. The summed E-state index contributed by atoms with van der Waals surface area (Å²) in [6, 6.07) is 0.0113. The molecule has 0 radical (unpaired) electrons. The van der Waals surface area contributed by atoms with E-state index in [-0.39, 0.29) is 6.03 Å². The minimum Gasteiger partial charge on any atom is -0.381 e. The van der Waals surface area contributed by atoms with Crippen molar-refractivity contribution in [1.29, 1.82) is 0 Å². The van der Waals surface area contributed by atoms with Gasteiger partial charge in [-0.2, -0.15) is 0 Å². The number of ether oxygens (including phenoxy) is 2. The predicted molar refractivity (Wildman–Crippen MR) is 66.1 cm³/mol. The van der Waals surface area contributed by atoms with Crippen LogP contribution in [-0.4, -0.2) is 57.0 Å². The Morgan fingerprint density at radius 1 is 1.41 bits per heavy atom. The molecule has 1 heterocycles. The van der Waals surface area contributed by atoms with E-state index in [1.165, 1.54) is 0 Å². The van der Waals surface area contributed by atoms with Crippen molar-refractivity contribution >= 4 is 6.03 Å². The summed E-state index contributed by atoms with van der Waals surface area (Å²) in [7, 11) is 0. The Bertz CT molecular complexity index is 216. The minimum absolute atomic E-state index is 0.0113. The molecule has 0 aliphatic carbocycles. The monoisotopic (exact) mass is 244 g/mol. The van der Waals surface area contributed by atoms with Crippen LogP contribution in [0.2, 0.25) is 0 Å². The third-order valence-corrected chi connectivity index (χ3v) is 2.49. The normalized spacial score (nSPS) is 16.3. The van der Waals surface area contributed by atoms with Gasteiger partial charge < -0.3 is 19.7 Å². The molecule has 1 fully saturated rings. The first-order chi connectivity index (χ1) is 8.20. The van der Waals surface area contributed by atoms with Crippen LogP contribution in [-0.2, 0) is 9.47 Å². The van der Waals surface area contributed by atoms with Crippen LogP contribution in [0.3, 0.4) is 0 Å². The Hall–Kier alpha value is -0.810. The van der Waals surface area contributed by atoms with Gasteiger partial charge in [0.05, 0.1) is 13.2 Å². The van der Waals surface area contributed by atoms with Crippen LogP contribution in [0.1, 0.15) is 20.3 Å². The first kappa shape index (κ1) is 14.3. The Morgan fingerprint density at radius 3 is 2.76 bits per heavy atom. The largest absolute Gasteiger partial charge is 0.381 e. The zero-order chi connectivity index (χ0) is 12.5. The molecule has 1 N–H and O–H groups in total. The van der Waals surface area contributed by atoms with E-state index in [4.69, 9.17) is 9.47 Å². The van der Waals surface area contributed by atoms with Gasteiger partial charge >= 0.3 is 6.03 Å². The summed E-state index contributed by atoms with van der Waals surface area (Å²) in [5.74, 6) is 0.568. The van der Waals surface area contributed by atoms with Crippen molar-refractivity contribution in [3.05, 3.63) is 0 Å². The fraction of sp³-hybridized carbons (Fsp3) is 0.917. The SMILES string of the molecule is CC(C)COCCCNC(=O)N1CCOCC1. The maximum absolute atomic E-state index is 11.7. The number of hydrogen-bond donors (Lipinski definition) is 1. The van der Waals surface area contributed by atoms with Crippen molar-refractivity contribution in [1.82, 2.24) is 10.2 Å². The summed E-state index contributed by atoms with van der Waals surface area (Å²) in [4.78, 5) is 13.4. The number of amides is 2. The molecule has 1 aliphatic heterocycles. The molecule has 0 unspecified atom stereocenters. The molecule has 2 amide bonds. The van der Waals surface area contributed by atoms with Gasteiger partial charge in [-0.05, 0) is 12.3 Å². The van der Waals surface area contributed by atoms with Crippen molar-refractivity contribution < 1.29 is 14.3 Å². The van der Waals surface area contributed by atoms with Crippen molar-refractivity contribution in [3.8, 4) is 0 Å². The molecule has 5 heteroatoms. The first-order valence-corrected chi connectivity index (χ1v) is 6.38. The minimum atomic E-state index is 0.0113. The fourth-order valence-corrected chi connectivity index (χ4v) is 1.57. The third-order valence-electron chi connectivity index (χ3n) is 2.49. The van der Waals surface area contributed by atoms with Crippen LogP contribution in [0.15, 0.2) is 0 Å². The number of nitrogens with zero attached hydrogens (tertiary/aromatic N) is 1. The highest BCUT2D eigenvalue weighted by Crippen LogP contribution is 1.97. The molecule has 5 nitrogen and oxygen atoms in total. The van der Waals surface area contributed by atoms with Gasteiger partial charge in [-0.15, -0.1) is 0 Å². The number of carbonyl (C=O) groups is 1. The summed E-state index contributed by atoms with van der Waals surface area (Å²) in [5.41, 5.74) is 0. The van der Waals surface area contributed by atoms with Crippen molar-refractivity contribution in [3.63, 3.8) is 0 Å². The van der Waals surface area contributed by atoms with Gasteiger partial charge in [0, 0.05) is 32.8 Å². The summed E-state index contributed by atoms with van der Waals surface area (Å²) in [5, 5.41) is 2.89. The number of hydrogen-bond acceptors (Lipinski definition) is 3. The lowest BCUT2D eigenvalue weighted by atomic mass is 10.2. The molecule has 100 valence electrons. The van der Waals surface area contributed by atoms with Crippen LogP contribution >= 0.6 is 0 Å². The molecule has 17 heavy (non-hydrogen) atoms. The summed E-state index contributed by atoms with van der Waals surface area (Å²) >= 11 is 0. The standard InChI is InChI=1S/C12H24N2O3/c1-11(2)10-17-7-3-4-13-12(15)14-5-8-16-9-6-14/h11H,3-10H2,1-2H3,(H,13,15). The molecule has 0 aromatic heterocycles. The topological polar surface area (TPSA) is 50.8 Å². The number of urea groups is 1. The maximum atomic E-state index is 11.7. The van der Waals surface area contributed by atoms with E-state index in [0.717, 1.165) is 13.0 Å². The number of rotatable bonds is 6. The second-order valence-corrected chi connectivity index (χ2v) is 4.65. The Kier molecular flexibility index (Phi) is 6.96. The second-order valence-electron chi connectivity index (χ2n) is 4.65. The molecular weight excluding hydrogens is 220 g/mol. The summed E-state index contributed by atoms with van der Waals surface area (Å²) in [6.07, 6.45) is 0.864. The lowest BCUT2D eigenvalue weighted by Gasteiger charge is -2.26. The van der Waals surface area contributed by atoms with Gasteiger partial charge in [0.15, 0.2) is 0 Å². The smallest absolute Gasteiger partial charge is 0.317 e. The van der Waals surface area contributed by atoms with E-state index in [1.807, 2.05) is 0 Å². The van der Waals surface area contributed by atoms with Crippen molar-refractivity contribution in [2.24, 2.45) is 5.92 Å². The highest BCUT2D eigenvalue weighted by atomic mass is 16.5. The van der Waals surface area contributed by atoms with Gasteiger partial charge in [-0.3, -0.25) is 0 Å². The van der Waals surface area contributed by atoms with E-state index < -0.39 is 0 Å². The Morgan fingerprint density at radius 2 is 2.12 bits per heavy atom. The highest BCUT2D eigenvalue weighted by Gasteiger charge is 2.15. The van der Waals surface area contributed by atoms with Crippen LogP contribution in [0.4, 0.5) is 4.79 Å². The van der Waals surface area contributed by atoms with E-state index in [9.17, 15) is 4.79 Å². The average Bonchev–Trinajstić information content (AvgIpc) is 2.34. The number of morpholine rings is 1. The molecular formula is C12H24N2O3. The Balaban J connectivity index is 1.96. The van der Waals surface area contributed by atoms with E-state index in [0.29, 0.717) is 45.4 Å². The van der Waals surface area contributed by atoms with E-state index in [2.05, 4.69) is 19.2 Å². The Labute approximate surface area is 103 Å². The molecule has 1 aliphatic rings. The van der Waals surface area contributed by atoms with Gasteiger partial charge in [-0.1, -0.05) is 13.8 Å². The van der Waals surface area contributed by atoms with Crippen LogP contribution < -0.4 is 5.32 Å². The average molecular weight is 244 g/mol. The molecule has 1 rings (SSSR count). The van der Waals surface area contributed by atoms with E-state index in [1.54, 1.807) is 4.90 Å². The fourth-order valence-electron chi connectivity index (χ4n) is 1.57. The molecule has 0 bridgehead atoms. The second kappa shape index (κ2) is 8.31. The van der Waals surface area contributed by atoms with Gasteiger partial charge in [0.25, 0.3) is 0 Å². The van der Waals surface area contributed by atoms with Crippen molar-refractivity contribution in [2.45, 2.75) is 20.3 Å². The van der Waals surface area contributed by atoms with E-state index >= 15 is 0 Å². The zero-order valence-electron chi connectivity index (χ0n) is 10.9.